The predicted molar refractivity (Wildman–Crippen MR) is 116 cm³/mol. The van der Waals surface area contributed by atoms with Crippen LogP contribution >= 0.6 is 0 Å². The fourth-order valence-corrected chi connectivity index (χ4v) is 3.65. The van der Waals surface area contributed by atoms with E-state index in [1.54, 1.807) is 25.3 Å². The van der Waals surface area contributed by atoms with Crippen molar-refractivity contribution in [2.75, 3.05) is 30.9 Å². The molecule has 2 N–H and O–H groups in total. The first-order valence-corrected chi connectivity index (χ1v) is 10.1. The van der Waals surface area contributed by atoms with Crippen LogP contribution in [0.25, 0.3) is 0 Å². The van der Waals surface area contributed by atoms with Gasteiger partial charge in [-0.3, -0.25) is 14.9 Å². The number of amides is 1. The molecule has 0 bridgehead atoms. The maximum absolute atomic E-state index is 12.4. The number of nitrogens with one attached hydrogen (secondary N) is 2. The van der Waals surface area contributed by atoms with Gasteiger partial charge in [0, 0.05) is 50.1 Å². The molecule has 1 aliphatic rings. The van der Waals surface area contributed by atoms with Crippen LogP contribution in [0.3, 0.4) is 0 Å². The van der Waals surface area contributed by atoms with E-state index >= 15 is 0 Å². The van der Waals surface area contributed by atoms with Crippen LogP contribution in [0.15, 0.2) is 30.5 Å². The van der Waals surface area contributed by atoms with E-state index in [9.17, 15) is 14.9 Å². The Balaban J connectivity index is 1.47. The van der Waals surface area contributed by atoms with E-state index in [0.717, 1.165) is 31.5 Å². The van der Waals surface area contributed by atoms with Gasteiger partial charge < -0.3 is 15.5 Å². The number of aryl methyl sites for hydroxylation is 1. The van der Waals surface area contributed by atoms with Gasteiger partial charge in [0.15, 0.2) is 0 Å². The molecule has 9 heteroatoms. The van der Waals surface area contributed by atoms with E-state index in [1.807, 2.05) is 25.1 Å². The van der Waals surface area contributed by atoms with Gasteiger partial charge in [0.2, 0.25) is 5.95 Å². The summed E-state index contributed by atoms with van der Waals surface area (Å²) in [6.45, 7) is 2.23. The van der Waals surface area contributed by atoms with Crippen LogP contribution in [-0.4, -0.2) is 47.5 Å². The largest absolute Gasteiger partial charge is 0.363 e. The molecule has 160 valence electrons. The third kappa shape index (κ3) is 5.43. The van der Waals surface area contributed by atoms with Crippen LogP contribution in [0.5, 0.6) is 0 Å². The summed E-state index contributed by atoms with van der Waals surface area (Å²) >= 11 is 0. The Kier molecular flexibility index (Phi) is 6.81. The minimum absolute atomic E-state index is 0.0326. The number of carbonyl (C=O) groups is 1. The van der Waals surface area contributed by atoms with E-state index in [2.05, 4.69) is 20.6 Å². The van der Waals surface area contributed by atoms with Gasteiger partial charge in [-0.25, -0.2) is 4.98 Å². The second-order valence-electron chi connectivity index (χ2n) is 7.96. The summed E-state index contributed by atoms with van der Waals surface area (Å²) in [4.78, 5) is 33.8. The molecule has 1 fully saturated rings. The molecule has 0 aliphatic heterocycles. The van der Waals surface area contributed by atoms with Crippen molar-refractivity contribution in [3.8, 4) is 0 Å². The Hall–Kier alpha value is -3.23. The van der Waals surface area contributed by atoms with E-state index in [0.29, 0.717) is 35.6 Å². The first kappa shape index (κ1) is 21.5. The molecule has 3 rings (SSSR count). The highest BCUT2D eigenvalue weighted by Crippen LogP contribution is 2.26. The van der Waals surface area contributed by atoms with E-state index in [4.69, 9.17) is 0 Å². The number of rotatable bonds is 7. The number of hydrogen-bond acceptors (Lipinski definition) is 7. The summed E-state index contributed by atoms with van der Waals surface area (Å²) in [5, 5.41) is 17.4. The molecule has 2 aromatic rings. The maximum Gasteiger partial charge on any atom is 0.273 e. The lowest BCUT2D eigenvalue weighted by atomic mass is 9.86. The third-order valence-electron chi connectivity index (χ3n) is 5.50. The zero-order chi connectivity index (χ0) is 21.7. The van der Waals surface area contributed by atoms with E-state index in [1.165, 1.54) is 6.07 Å². The third-order valence-corrected chi connectivity index (χ3v) is 5.50. The summed E-state index contributed by atoms with van der Waals surface area (Å²) < 4.78 is 0. The molecule has 0 radical (unpaired) electrons. The van der Waals surface area contributed by atoms with Crippen molar-refractivity contribution in [1.29, 1.82) is 0 Å². The fourth-order valence-electron chi connectivity index (χ4n) is 3.65. The van der Waals surface area contributed by atoms with Crippen molar-refractivity contribution in [3.63, 3.8) is 0 Å². The number of hydrogen-bond donors (Lipinski definition) is 2. The fraction of sp³-hybridized carbons (Fsp3) is 0.476. The normalized spacial score (nSPS) is 18.5. The van der Waals surface area contributed by atoms with Crippen LogP contribution < -0.4 is 15.5 Å². The quantitative estimate of drug-likeness (QED) is 0.530. The highest BCUT2D eigenvalue weighted by atomic mass is 16.6. The first-order chi connectivity index (χ1) is 14.3. The average molecular weight is 412 g/mol. The molecule has 0 spiro atoms. The van der Waals surface area contributed by atoms with Crippen molar-refractivity contribution >= 4 is 23.4 Å². The second kappa shape index (κ2) is 9.51. The zero-order valence-electron chi connectivity index (χ0n) is 17.6. The van der Waals surface area contributed by atoms with E-state index in [-0.39, 0.29) is 11.6 Å². The number of aromatic nitrogens is 2. The summed E-state index contributed by atoms with van der Waals surface area (Å²) in [5.74, 6) is 1.62. The zero-order valence-corrected chi connectivity index (χ0v) is 17.6. The Morgan fingerprint density at radius 2 is 1.97 bits per heavy atom. The van der Waals surface area contributed by atoms with Gasteiger partial charge in [0.1, 0.15) is 5.82 Å². The SMILES string of the molecule is Cc1ccc(C(=O)NCC2CCC(Nc3nccc(N(C)C)n3)CC2)cc1[N+](=O)[O-]. The minimum atomic E-state index is -0.460. The molecule has 1 heterocycles. The lowest BCUT2D eigenvalue weighted by molar-refractivity contribution is -0.385. The smallest absolute Gasteiger partial charge is 0.273 e. The number of carbonyl (C=O) groups excluding carboxylic acids is 1. The first-order valence-electron chi connectivity index (χ1n) is 10.1. The van der Waals surface area contributed by atoms with Crippen molar-refractivity contribution in [2.45, 2.75) is 38.6 Å². The number of nitrogens with zero attached hydrogens (tertiary/aromatic N) is 4. The minimum Gasteiger partial charge on any atom is -0.363 e. The van der Waals surface area contributed by atoms with Crippen molar-refractivity contribution < 1.29 is 9.72 Å². The average Bonchev–Trinajstić information content (AvgIpc) is 2.73. The van der Waals surface area contributed by atoms with Gasteiger partial charge in [-0.2, -0.15) is 4.98 Å². The lowest BCUT2D eigenvalue weighted by Crippen LogP contribution is -2.34. The van der Waals surface area contributed by atoms with Gasteiger partial charge in [-0.15, -0.1) is 0 Å². The topological polar surface area (TPSA) is 113 Å². The number of benzene rings is 1. The summed E-state index contributed by atoms with van der Waals surface area (Å²) in [6, 6.07) is 6.76. The van der Waals surface area contributed by atoms with Gasteiger partial charge in [-0.1, -0.05) is 6.07 Å². The van der Waals surface area contributed by atoms with Crippen LogP contribution in [0.4, 0.5) is 17.5 Å². The van der Waals surface area contributed by atoms with Crippen molar-refractivity contribution in [3.05, 3.63) is 51.7 Å². The second-order valence-corrected chi connectivity index (χ2v) is 7.96. The molecule has 1 amide bonds. The molecular formula is C21H28N6O3. The van der Waals surface area contributed by atoms with Crippen LogP contribution in [0.2, 0.25) is 0 Å². The van der Waals surface area contributed by atoms with Crippen LogP contribution in [0.1, 0.15) is 41.6 Å². The predicted octanol–water partition coefficient (Wildman–Crippen LogP) is 3.16. The summed E-state index contributed by atoms with van der Waals surface area (Å²) in [5.41, 5.74) is 0.831. The molecule has 1 aliphatic carbocycles. The monoisotopic (exact) mass is 412 g/mol. The lowest BCUT2D eigenvalue weighted by Gasteiger charge is -2.29. The number of anilines is 2. The highest BCUT2D eigenvalue weighted by Gasteiger charge is 2.23. The molecule has 1 aromatic heterocycles. The number of nitro groups is 1. The molecule has 0 atom stereocenters. The molecule has 0 saturated heterocycles. The van der Waals surface area contributed by atoms with Crippen molar-refractivity contribution in [2.24, 2.45) is 5.92 Å². The highest BCUT2D eigenvalue weighted by molar-refractivity contribution is 5.95. The Bertz CT molecular complexity index is 909. The molecule has 0 unspecified atom stereocenters. The summed E-state index contributed by atoms with van der Waals surface area (Å²) in [7, 11) is 3.89. The maximum atomic E-state index is 12.4. The van der Waals surface area contributed by atoms with Crippen molar-refractivity contribution in [1.82, 2.24) is 15.3 Å². The van der Waals surface area contributed by atoms with Gasteiger partial charge in [0.25, 0.3) is 11.6 Å². The van der Waals surface area contributed by atoms with Crippen LogP contribution in [-0.2, 0) is 0 Å². The Morgan fingerprint density at radius 1 is 1.23 bits per heavy atom. The Morgan fingerprint density at radius 3 is 2.63 bits per heavy atom. The molecule has 1 saturated carbocycles. The summed E-state index contributed by atoms with van der Waals surface area (Å²) in [6.07, 6.45) is 5.68. The Labute approximate surface area is 176 Å². The molecule has 9 nitrogen and oxygen atoms in total. The van der Waals surface area contributed by atoms with Gasteiger partial charge >= 0.3 is 0 Å². The standard InChI is InChI=1S/C21H28N6O3/c1-14-4-7-16(12-18(14)27(29)30)20(28)23-13-15-5-8-17(9-6-15)24-21-22-11-10-19(25-21)26(2)3/h4,7,10-12,15,17H,5-6,8-9,13H2,1-3H3,(H,23,28)(H,22,24,25). The van der Waals surface area contributed by atoms with Gasteiger partial charge in [-0.05, 0) is 50.7 Å². The van der Waals surface area contributed by atoms with Crippen LogP contribution in [0, 0.1) is 23.0 Å². The number of nitro benzene ring substituents is 1. The van der Waals surface area contributed by atoms with Gasteiger partial charge in [0.05, 0.1) is 4.92 Å². The molecular weight excluding hydrogens is 384 g/mol. The molecule has 1 aromatic carbocycles. The van der Waals surface area contributed by atoms with E-state index < -0.39 is 4.92 Å². The molecule has 30 heavy (non-hydrogen) atoms.